The van der Waals surface area contributed by atoms with Crippen molar-refractivity contribution < 1.29 is 11.3 Å². The molecule has 0 saturated carbocycles. The number of carbonyl (C=O) groups is 1. The van der Waals surface area contributed by atoms with Crippen molar-refractivity contribution in [3.05, 3.63) is 0 Å². The fraction of sp³-hybridized carbons (Fsp3) is 0.500. The van der Waals surface area contributed by atoms with E-state index in [4.69, 9.17) is 6.48 Å². The minimum Gasteiger partial charge on any atom is -0.480 e. The summed E-state index contributed by atoms with van der Waals surface area (Å²) in [6, 6.07) is 0. The molecule has 0 aliphatic rings. The van der Waals surface area contributed by atoms with Gasteiger partial charge in [-0.2, -0.15) is 0 Å². The molecule has 0 saturated heterocycles. The zero-order valence-electron chi connectivity index (χ0n) is 3.51. The third kappa shape index (κ3) is 3.43. The van der Waals surface area contributed by atoms with Crippen molar-refractivity contribution in [1.82, 2.24) is 0 Å². The largest absolute Gasteiger partial charge is 0.480 e. The molecule has 0 bridgehead atoms. The lowest BCUT2D eigenvalue weighted by molar-refractivity contribution is -0.135. The normalized spacial score (nSPS) is 16.6. The van der Waals surface area contributed by atoms with Crippen LogP contribution in [-0.4, -0.2) is 17.6 Å². The van der Waals surface area contributed by atoms with Crippen LogP contribution in [0.15, 0.2) is 0 Å². The van der Waals surface area contributed by atoms with Gasteiger partial charge in [-0.15, -0.1) is 0 Å². The molecule has 0 aromatic heterocycles. The van der Waals surface area contributed by atoms with Gasteiger partial charge in [-0.05, 0) is 0 Å². The van der Waals surface area contributed by atoms with Gasteiger partial charge in [-0.3, -0.25) is 4.79 Å². The molecule has 0 unspecified atom stereocenters. The molecule has 3 N–H and O–H groups in total. The zero-order valence-corrected chi connectivity index (χ0v) is 2.51. The summed E-state index contributed by atoms with van der Waals surface area (Å²) in [7, 11) is 0. The summed E-state index contributed by atoms with van der Waals surface area (Å²) in [6.07, 6.45) is 0. The van der Waals surface area contributed by atoms with Crippen LogP contribution in [0.1, 0.15) is 1.37 Å². The van der Waals surface area contributed by atoms with Gasteiger partial charge < -0.3 is 10.8 Å². The lowest BCUT2D eigenvalue weighted by Crippen LogP contribution is -2.10. The summed E-state index contributed by atoms with van der Waals surface area (Å²) in [4.78, 5) is 9.39. The van der Waals surface area contributed by atoms with Crippen molar-refractivity contribution in [2.75, 3.05) is 6.52 Å². The average Bonchev–Trinajstić information content (AvgIpc) is 1.36. The Hall–Kier alpha value is -0.570. The second-order valence-electron chi connectivity index (χ2n) is 0.505. The molecule has 0 heterocycles. The fourth-order valence-corrected chi connectivity index (χ4v) is 0. The Bertz CT molecular complexity index is 62.6. The van der Waals surface area contributed by atoms with Gasteiger partial charge >= 0.3 is 5.97 Å². The summed E-state index contributed by atoms with van der Waals surface area (Å²) in [5.41, 5.74) is 4.50. The van der Waals surface area contributed by atoms with Crippen LogP contribution in [0.5, 0.6) is 0 Å². The number of rotatable bonds is 1. The molecular formula is C2H5NO2. The van der Waals surface area contributed by atoms with E-state index in [-0.39, 0.29) is 0 Å². The molecule has 0 aliphatic carbocycles. The summed E-state index contributed by atoms with van der Waals surface area (Å²) in [5.74, 6) is -1.30. The van der Waals surface area contributed by atoms with Gasteiger partial charge in [0.1, 0.15) is 0 Å². The molecule has 5 heavy (non-hydrogen) atoms. The summed E-state index contributed by atoms with van der Waals surface area (Å²) < 4.78 is 6.21. The van der Waals surface area contributed by atoms with Crippen molar-refractivity contribution in [1.29, 1.82) is 0 Å². The Kier molecular flexibility index (Phi) is 0.914. The Balaban J connectivity index is 3.26. The maximum absolute atomic E-state index is 9.39. The molecule has 1 atom stereocenters. The van der Waals surface area contributed by atoms with Gasteiger partial charge in [0.2, 0.25) is 0 Å². The van der Waals surface area contributed by atoms with E-state index < -0.39 is 12.5 Å². The third-order valence-corrected chi connectivity index (χ3v) is 0.143. The number of carboxylic acid groups (broad SMARTS) is 1. The first-order chi connectivity index (χ1) is 2.64. The van der Waals surface area contributed by atoms with Gasteiger partial charge in [0.25, 0.3) is 0 Å². The molecular weight excluding hydrogens is 71.0 g/mol. The lowest BCUT2D eigenvalue weighted by atomic mass is 10.8. The molecule has 0 aromatic rings. The van der Waals surface area contributed by atoms with Crippen LogP contribution < -0.4 is 5.73 Å². The monoisotopic (exact) mass is 77.0 g/mol. The van der Waals surface area contributed by atoms with Crippen LogP contribution in [-0.2, 0) is 4.79 Å². The quantitative estimate of drug-likeness (QED) is 0.396. The predicted molar refractivity (Wildman–Crippen MR) is 16.7 cm³/mol. The van der Waals surface area contributed by atoms with E-state index >= 15 is 0 Å². The molecule has 3 heteroatoms. The van der Waals surface area contributed by atoms with E-state index in [1.165, 1.54) is 0 Å². The molecule has 0 spiro atoms. The minimum absolute atomic E-state index is 1.30. The van der Waals surface area contributed by atoms with Crippen LogP contribution >= 0.6 is 0 Å². The molecule has 0 aromatic carbocycles. The second-order valence-corrected chi connectivity index (χ2v) is 0.505. The highest BCUT2D eigenvalue weighted by Gasteiger charge is 1.81. The topological polar surface area (TPSA) is 63.3 Å². The van der Waals surface area contributed by atoms with E-state index in [0.717, 1.165) is 0 Å². The van der Waals surface area contributed by atoms with E-state index in [2.05, 4.69) is 5.73 Å². The summed E-state index contributed by atoms with van der Waals surface area (Å²) in [5, 5.41) is 7.68. The third-order valence-electron chi connectivity index (χ3n) is 0.143. The Morgan fingerprint density at radius 2 is 2.60 bits per heavy atom. The predicted octanol–water partition coefficient (Wildman–Crippen LogP) is -0.970. The van der Waals surface area contributed by atoms with Crippen molar-refractivity contribution in [2.24, 2.45) is 5.73 Å². The van der Waals surface area contributed by atoms with Gasteiger partial charge in [0.15, 0.2) is 0 Å². The highest BCUT2D eigenvalue weighted by molar-refractivity contribution is 5.68. The highest BCUT2D eigenvalue weighted by Crippen LogP contribution is 1.43. The Morgan fingerprint density at radius 1 is 2.40 bits per heavy atom. The van der Waals surface area contributed by atoms with E-state index in [9.17, 15) is 4.79 Å². The van der Waals surface area contributed by atoms with E-state index in [0.29, 0.717) is 0 Å². The summed E-state index contributed by atoms with van der Waals surface area (Å²) >= 11 is 0. The second kappa shape index (κ2) is 1.72. The molecule has 0 rings (SSSR count). The molecule has 3 nitrogen and oxygen atoms in total. The highest BCUT2D eigenvalue weighted by atomic mass is 16.4. The first kappa shape index (κ1) is 2.66. The number of hydrogen-bond acceptors (Lipinski definition) is 2. The SMILES string of the molecule is [2H][C@@H]([15NH2])C(=O)O. The number of hydrogen-bond donors (Lipinski definition) is 2. The average molecular weight is 77.1 g/mol. The van der Waals surface area contributed by atoms with Crippen molar-refractivity contribution in [2.45, 2.75) is 0 Å². The van der Waals surface area contributed by atoms with Crippen LogP contribution in [0.25, 0.3) is 0 Å². The van der Waals surface area contributed by atoms with Crippen molar-refractivity contribution >= 4 is 5.97 Å². The lowest BCUT2D eigenvalue weighted by Gasteiger charge is -1.73. The first-order valence-corrected chi connectivity index (χ1v) is 1.05. The number of aliphatic carboxylic acids is 1. The van der Waals surface area contributed by atoms with Crippen LogP contribution in [0.3, 0.4) is 0 Å². The van der Waals surface area contributed by atoms with Crippen LogP contribution in [0.2, 0.25) is 0 Å². The van der Waals surface area contributed by atoms with Gasteiger partial charge in [-0.1, -0.05) is 0 Å². The zero-order chi connectivity index (χ0) is 5.15. The molecule has 0 aliphatic heterocycles. The first-order valence-electron chi connectivity index (χ1n) is 1.63. The molecule has 30 valence electrons. The van der Waals surface area contributed by atoms with Crippen LogP contribution in [0, 0.1) is 0 Å². The minimum atomic E-state index is -1.48. The Morgan fingerprint density at radius 3 is 2.60 bits per heavy atom. The van der Waals surface area contributed by atoms with Gasteiger partial charge in [0.05, 0.1) is 7.89 Å². The van der Waals surface area contributed by atoms with Crippen molar-refractivity contribution in [3.8, 4) is 0 Å². The molecule has 0 fully saturated rings. The van der Waals surface area contributed by atoms with E-state index in [1.807, 2.05) is 0 Å². The van der Waals surface area contributed by atoms with Gasteiger partial charge in [-0.25, -0.2) is 0 Å². The maximum Gasteiger partial charge on any atom is 0.317 e. The smallest absolute Gasteiger partial charge is 0.317 e. The molecule has 0 radical (unpaired) electrons. The van der Waals surface area contributed by atoms with E-state index in [1.54, 1.807) is 0 Å². The Labute approximate surface area is 30.8 Å². The fourth-order valence-electron chi connectivity index (χ4n) is 0. The van der Waals surface area contributed by atoms with Crippen molar-refractivity contribution in [3.63, 3.8) is 0 Å². The summed E-state index contributed by atoms with van der Waals surface area (Å²) in [6.45, 7) is -1.48. The maximum atomic E-state index is 9.39. The van der Waals surface area contributed by atoms with Crippen LogP contribution in [0.4, 0.5) is 0 Å². The number of nitrogens with two attached hydrogens (primary N) is 1. The van der Waals surface area contributed by atoms with Gasteiger partial charge in [0, 0.05) is 0 Å². The number of carboxylic acids is 1. The molecule has 0 amide bonds. The standard InChI is InChI=1S/C2H5NO2/c3-1-2(4)5/h1,3H2,(H,4,5)/i1D,3+1/t1-/m1/s1.